The number of thiophene rings is 1. The lowest BCUT2D eigenvalue weighted by atomic mass is 10.1. The highest BCUT2D eigenvalue weighted by Gasteiger charge is 2.15. The maximum Gasteiger partial charge on any atom is 0.253 e. The molecule has 130 valence electrons. The summed E-state index contributed by atoms with van der Waals surface area (Å²) in [6, 6.07) is 15.5. The largest absolute Gasteiger partial charge is 0.365 e. The Morgan fingerprint density at radius 2 is 1.96 bits per heavy atom. The van der Waals surface area contributed by atoms with Crippen LogP contribution >= 0.6 is 22.9 Å². The first-order valence-corrected chi connectivity index (χ1v) is 9.44. The van der Waals surface area contributed by atoms with Crippen molar-refractivity contribution in [2.24, 2.45) is 0 Å². The van der Waals surface area contributed by atoms with Crippen LogP contribution < -0.4 is 10.6 Å². The molecule has 0 spiro atoms. The van der Waals surface area contributed by atoms with E-state index < -0.39 is 0 Å². The Balaban J connectivity index is 1.84. The molecule has 6 heteroatoms. The zero-order valence-corrected chi connectivity index (χ0v) is 15.6. The molecule has 0 radical (unpaired) electrons. The van der Waals surface area contributed by atoms with Crippen LogP contribution in [-0.4, -0.2) is 17.9 Å². The number of nitrogens with one attached hydrogen (secondary N) is 2. The van der Waals surface area contributed by atoms with E-state index in [0.717, 1.165) is 26.9 Å². The van der Waals surface area contributed by atoms with Gasteiger partial charge in [0.2, 0.25) is 0 Å². The topological polar surface area (TPSA) is 54.0 Å². The van der Waals surface area contributed by atoms with Crippen LogP contribution in [0.5, 0.6) is 0 Å². The SMILES string of the molecule is CNC(=O)c1cccc2c1nc(NCc1ccccc1Cl)c1sccc12. The van der Waals surface area contributed by atoms with E-state index in [1.807, 2.05) is 41.8 Å². The Bertz CT molecular complexity index is 1120. The van der Waals surface area contributed by atoms with Crippen LogP contribution in [0, 0.1) is 0 Å². The van der Waals surface area contributed by atoms with E-state index in [4.69, 9.17) is 16.6 Å². The van der Waals surface area contributed by atoms with Gasteiger partial charge in [0, 0.05) is 29.4 Å². The highest BCUT2D eigenvalue weighted by molar-refractivity contribution is 7.18. The fraction of sp³-hybridized carbons (Fsp3) is 0.100. The fourth-order valence-electron chi connectivity index (χ4n) is 3.01. The van der Waals surface area contributed by atoms with Crippen molar-refractivity contribution in [3.05, 3.63) is 70.1 Å². The summed E-state index contributed by atoms with van der Waals surface area (Å²) < 4.78 is 1.07. The van der Waals surface area contributed by atoms with Gasteiger partial charge in [0.25, 0.3) is 5.91 Å². The molecular weight excluding hydrogens is 366 g/mol. The zero-order chi connectivity index (χ0) is 18.1. The normalized spacial score (nSPS) is 11.0. The highest BCUT2D eigenvalue weighted by Crippen LogP contribution is 2.35. The first-order valence-electron chi connectivity index (χ1n) is 8.18. The third kappa shape index (κ3) is 2.89. The summed E-state index contributed by atoms with van der Waals surface area (Å²) in [6.45, 7) is 0.563. The highest BCUT2D eigenvalue weighted by atomic mass is 35.5. The van der Waals surface area contributed by atoms with Crippen molar-refractivity contribution in [2.75, 3.05) is 12.4 Å². The van der Waals surface area contributed by atoms with Crippen molar-refractivity contribution in [3.63, 3.8) is 0 Å². The molecule has 26 heavy (non-hydrogen) atoms. The van der Waals surface area contributed by atoms with Gasteiger partial charge in [-0.25, -0.2) is 4.98 Å². The van der Waals surface area contributed by atoms with Crippen LogP contribution in [0.25, 0.3) is 21.0 Å². The van der Waals surface area contributed by atoms with Crippen molar-refractivity contribution in [1.29, 1.82) is 0 Å². The third-order valence-electron chi connectivity index (χ3n) is 4.31. The number of amides is 1. The van der Waals surface area contributed by atoms with E-state index in [2.05, 4.69) is 16.7 Å². The molecule has 0 fully saturated rings. The summed E-state index contributed by atoms with van der Waals surface area (Å²) in [7, 11) is 1.63. The number of rotatable bonds is 4. The molecule has 0 bridgehead atoms. The lowest BCUT2D eigenvalue weighted by molar-refractivity contribution is 0.0964. The summed E-state index contributed by atoms with van der Waals surface area (Å²) in [4.78, 5) is 17.0. The average molecular weight is 382 g/mol. The van der Waals surface area contributed by atoms with Crippen LogP contribution in [0.3, 0.4) is 0 Å². The molecular formula is C20H16ClN3OS. The van der Waals surface area contributed by atoms with E-state index in [-0.39, 0.29) is 5.91 Å². The van der Waals surface area contributed by atoms with Gasteiger partial charge >= 0.3 is 0 Å². The molecule has 4 aromatic rings. The number of fused-ring (bicyclic) bond motifs is 3. The summed E-state index contributed by atoms with van der Waals surface area (Å²) in [5, 5.41) is 10.9. The number of hydrogen-bond acceptors (Lipinski definition) is 4. The molecule has 0 saturated heterocycles. The van der Waals surface area contributed by atoms with Gasteiger partial charge in [-0.3, -0.25) is 4.79 Å². The van der Waals surface area contributed by atoms with Crippen molar-refractivity contribution in [3.8, 4) is 0 Å². The smallest absolute Gasteiger partial charge is 0.253 e. The predicted molar refractivity (Wildman–Crippen MR) is 109 cm³/mol. The molecule has 0 atom stereocenters. The number of pyridine rings is 1. The molecule has 1 amide bonds. The number of benzene rings is 2. The number of hydrogen-bond donors (Lipinski definition) is 2. The van der Waals surface area contributed by atoms with Gasteiger partial charge in [0.15, 0.2) is 0 Å². The molecule has 0 unspecified atom stereocenters. The Morgan fingerprint density at radius 3 is 2.77 bits per heavy atom. The van der Waals surface area contributed by atoms with Gasteiger partial charge in [-0.2, -0.15) is 0 Å². The predicted octanol–water partition coefficient (Wildman–Crippen LogP) is 5.07. The number of carbonyl (C=O) groups is 1. The minimum Gasteiger partial charge on any atom is -0.365 e. The first-order chi connectivity index (χ1) is 12.7. The quantitative estimate of drug-likeness (QED) is 0.518. The van der Waals surface area contributed by atoms with E-state index >= 15 is 0 Å². The third-order valence-corrected chi connectivity index (χ3v) is 5.60. The summed E-state index contributed by atoms with van der Waals surface area (Å²) in [6.07, 6.45) is 0. The second-order valence-corrected chi connectivity index (χ2v) is 7.17. The minimum absolute atomic E-state index is 0.144. The van der Waals surface area contributed by atoms with Crippen LogP contribution in [0.4, 0.5) is 5.82 Å². The van der Waals surface area contributed by atoms with E-state index in [9.17, 15) is 4.79 Å². The van der Waals surface area contributed by atoms with Crippen LogP contribution in [0.15, 0.2) is 53.9 Å². The lowest BCUT2D eigenvalue weighted by Crippen LogP contribution is -2.18. The molecule has 2 N–H and O–H groups in total. The fourth-order valence-corrected chi connectivity index (χ4v) is 4.08. The van der Waals surface area contributed by atoms with Gasteiger partial charge < -0.3 is 10.6 Å². The Labute approximate surface area is 159 Å². The molecule has 0 saturated carbocycles. The van der Waals surface area contributed by atoms with Crippen molar-refractivity contribution >= 4 is 55.7 Å². The molecule has 0 aliphatic heterocycles. The van der Waals surface area contributed by atoms with Crippen LogP contribution in [0.2, 0.25) is 5.02 Å². The van der Waals surface area contributed by atoms with Gasteiger partial charge in [-0.05, 0) is 29.1 Å². The van der Waals surface area contributed by atoms with Gasteiger partial charge in [0.05, 0.1) is 15.8 Å². The molecule has 4 rings (SSSR count). The standard InChI is InChI=1S/C20H16ClN3OS/c1-22-20(25)15-7-4-6-13-14-9-10-26-18(14)19(24-17(13)15)23-11-12-5-2-3-8-16(12)21/h2-10H,11H2,1H3,(H,22,25)(H,23,24). The molecule has 2 heterocycles. The number of carbonyl (C=O) groups excluding carboxylic acids is 1. The second-order valence-electron chi connectivity index (χ2n) is 5.85. The lowest BCUT2D eigenvalue weighted by Gasteiger charge is -2.12. The zero-order valence-electron chi connectivity index (χ0n) is 14.0. The average Bonchev–Trinajstić information content (AvgIpc) is 3.16. The maximum absolute atomic E-state index is 12.3. The number of halogens is 1. The number of para-hydroxylation sites is 1. The first kappa shape index (κ1) is 16.8. The Hall–Kier alpha value is -2.63. The van der Waals surface area contributed by atoms with Crippen molar-refractivity contribution in [2.45, 2.75) is 6.54 Å². The van der Waals surface area contributed by atoms with Gasteiger partial charge in [0.1, 0.15) is 5.82 Å². The maximum atomic E-state index is 12.3. The number of anilines is 1. The van der Waals surface area contributed by atoms with Crippen molar-refractivity contribution in [1.82, 2.24) is 10.3 Å². The Kier molecular flexibility index (Phi) is 4.49. The molecule has 0 aliphatic carbocycles. The molecule has 4 nitrogen and oxygen atoms in total. The van der Waals surface area contributed by atoms with Gasteiger partial charge in [-0.1, -0.05) is 41.9 Å². The van der Waals surface area contributed by atoms with Crippen LogP contribution in [0.1, 0.15) is 15.9 Å². The van der Waals surface area contributed by atoms with Crippen molar-refractivity contribution < 1.29 is 4.79 Å². The number of nitrogens with zero attached hydrogens (tertiary/aromatic N) is 1. The molecule has 2 aromatic carbocycles. The summed E-state index contributed by atoms with van der Waals surface area (Å²) >= 11 is 7.89. The van der Waals surface area contributed by atoms with Gasteiger partial charge in [-0.15, -0.1) is 11.3 Å². The molecule has 2 aromatic heterocycles. The summed E-state index contributed by atoms with van der Waals surface area (Å²) in [5.41, 5.74) is 2.26. The van der Waals surface area contributed by atoms with E-state index in [0.29, 0.717) is 22.6 Å². The van der Waals surface area contributed by atoms with E-state index in [1.165, 1.54) is 0 Å². The minimum atomic E-state index is -0.144. The summed E-state index contributed by atoms with van der Waals surface area (Å²) in [5.74, 6) is 0.619. The number of aromatic nitrogens is 1. The second kappa shape index (κ2) is 6.94. The monoisotopic (exact) mass is 381 g/mol. The Morgan fingerprint density at radius 1 is 1.12 bits per heavy atom. The van der Waals surface area contributed by atoms with E-state index in [1.54, 1.807) is 24.5 Å². The molecule has 0 aliphatic rings. The van der Waals surface area contributed by atoms with Crippen LogP contribution in [-0.2, 0) is 6.54 Å².